The van der Waals surface area contributed by atoms with Gasteiger partial charge >= 0.3 is 0 Å². The first kappa shape index (κ1) is 14.4. The smallest absolute Gasteiger partial charge is 0.227 e. The number of rotatable bonds is 7. The van der Waals surface area contributed by atoms with Crippen molar-refractivity contribution in [2.75, 3.05) is 11.9 Å². The summed E-state index contributed by atoms with van der Waals surface area (Å²) in [5, 5.41) is 16.3. The van der Waals surface area contributed by atoms with Crippen LogP contribution in [-0.2, 0) is 4.79 Å². The Labute approximate surface area is 117 Å². The quantitative estimate of drug-likeness (QED) is 0.345. The number of aliphatic hydroxyl groups is 1. The van der Waals surface area contributed by atoms with Crippen LogP contribution in [0.5, 0.6) is 0 Å². The third-order valence-corrected chi connectivity index (χ3v) is 3.31. The van der Waals surface area contributed by atoms with Gasteiger partial charge in [-0.25, -0.2) is 0 Å². The fraction of sp³-hybridized carbons (Fsp3) is 0.500. The van der Waals surface area contributed by atoms with E-state index in [9.17, 15) is 9.90 Å². The second kappa shape index (κ2) is 6.93. The first-order valence-corrected chi connectivity index (χ1v) is 6.80. The van der Waals surface area contributed by atoms with E-state index in [0.29, 0.717) is 19.4 Å². The molecular formula is C14H18N4O2. The van der Waals surface area contributed by atoms with Gasteiger partial charge in [0.05, 0.1) is 6.10 Å². The van der Waals surface area contributed by atoms with Crippen molar-refractivity contribution in [2.45, 2.75) is 31.8 Å². The number of azide groups is 1. The van der Waals surface area contributed by atoms with Crippen molar-refractivity contribution in [3.63, 3.8) is 0 Å². The van der Waals surface area contributed by atoms with Gasteiger partial charge in [0, 0.05) is 23.1 Å². The van der Waals surface area contributed by atoms with Crippen LogP contribution in [0.25, 0.3) is 10.4 Å². The zero-order chi connectivity index (χ0) is 14.4. The molecule has 2 N–H and O–H groups in total. The molecule has 1 unspecified atom stereocenters. The highest BCUT2D eigenvalue weighted by Gasteiger charge is 2.29. The van der Waals surface area contributed by atoms with Crippen LogP contribution in [0.2, 0.25) is 0 Å². The number of hydrogen-bond donors (Lipinski definition) is 2. The topological polar surface area (TPSA) is 98.1 Å². The minimum Gasteiger partial charge on any atom is -0.388 e. The number of anilines is 1. The van der Waals surface area contributed by atoms with Crippen LogP contribution in [0, 0.1) is 5.92 Å². The second-order valence-corrected chi connectivity index (χ2v) is 5.00. The predicted molar refractivity (Wildman–Crippen MR) is 76.0 cm³/mol. The average Bonchev–Trinajstić information content (AvgIpc) is 3.29. The summed E-state index contributed by atoms with van der Waals surface area (Å²) in [6.45, 7) is 0.392. The molecule has 6 heteroatoms. The van der Waals surface area contributed by atoms with Crippen molar-refractivity contribution in [1.82, 2.24) is 0 Å². The molecule has 6 nitrogen and oxygen atoms in total. The fourth-order valence-corrected chi connectivity index (χ4v) is 1.95. The van der Waals surface area contributed by atoms with Crippen LogP contribution in [0.3, 0.4) is 0 Å². The lowest BCUT2D eigenvalue weighted by molar-refractivity contribution is -0.117. The summed E-state index contributed by atoms with van der Waals surface area (Å²) >= 11 is 0. The molecule has 1 aromatic carbocycles. The van der Waals surface area contributed by atoms with Crippen LogP contribution in [0.1, 0.15) is 37.4 Å². The van der Waals surface area contributed by atoms with Gasteiger partial charge in [0.15, 0.2) is 0 Å². The van der Waals surface area contributed by atoms with E-state index in [2.05, 4.69) is 15.3 Å². The van der Waals surface area contributed by atoms with E-state index in [-0.39, 0.29) is 11.8 Å². The molecule has 0 spiro atoms. The zero-order valence-electron chi connectivity index (χ0n) is 11.2. The number of carbonyl (C=O) groups is 1. The molecule has 1 aliphatic rings. The Bertz CT molecular complexity index is 504. The molecule has 0 bridgehead atoms. The molecule has 1 atom stereocenters. The summed E-state index contributed by atoms with van der Waals surface area (Å²) in [4.78, 5) is 14.3. The maximum Gasteiger partial charge on any atom is 0.227 e. The maximum atomic E-state index is 11.6. The zero-order valence-corrected chi connectivity index (χ0v) is 11.2. The predicted octanol–water partition coefficient (Wildman–Crippen LogP) is 3.16. The Morgan fingerprint density at radius 2 is 2.15 bits per heavy atom. The van der Waals surface area contributed by atoms with Gasteiger partial charge in [-0.15, -0.1) is 0 Å². The number of amides is 1. The molecular weight excluding hydrogens is 256 g/mol. The van der Waals surface area contributed by atoms with E-state index in [4.69, 9.17) is 5.53 Å². The molecule has 0 heterocycles. The number of benzene rings is 1. The van der Waals surface area contributed by atoms with Crippen LogP contribution in [0.15, 0.2) is 29.4 Å². The van der Waals surface area contributed by atoms with E-state index >= 15 is 0 Å². The van der Waals surface area contributed by atoms with Crippen molar-refractivity contribution in [3.8, 4) is 0 Å². The van der Waals surface area contributed by atoms with Gasteiger partial charge in [-0.3, -0.25) is 4.79 Å². The third kappa shape index (κ3) is 4.26. The van der Waals surface area contributed by atoms with Crippen molar-refractivity contribution >= 4 is 11.6 Å². The molecule has 0 aromatic heterocycles. The monoisotopic (exact) mass is 274 g/mol. The van der Waals surface area contributed by atoms with Gasteiger partial charge in [-0.1, -0.05) is 17.2 Å². The van der Waals surface area contributed by atoms with Crippen LogP contribution < -0.4 is 5.32 Å². The lowest BCUT2D eigenvalue weighted by Crippen LogP contribution is -2.13. The Balaban J connectivity index is 1.83. The number of aliphatic hydroxyl groups excluding tert-OH is 1. The van der Waals surface area contributed by atoms with E-state index in [1.54, 1.807) is 24.3 Å². The SMILES string of the molecule is [N-]=[N+]=NCCCC(O)c1ccc(NC(=O)C2CC2)cc1. The Morgan fingerprint density at radius 3 is 2.75 bits per heavy atom. The van der Waals surface area contributed by atoms with Gasteiger partial charge in [0.1, 0.15) is 0 Å². The molecule has 2 rings (SSSR count). The first-order valence-electron chi connectivity index (χ1n) is 6.80. The van der Waals surface area contributed by atoms with Crippen molar-refractivity contribution in [1.29, 1.82) is 0 Å². The first-order chi connectivity index (χ1) is 9.70. The Kier molecular flexibility index (Phi) is 4.98. The van der Waals surface area contributed by atoms with Crippen molar-refractivity contribution < 1.29 is 9.90 Å². The van der Waals surface area contributed by atoms with E-state index in [1.807, 2.05) is 0 Å². The second-order valence-electron chi connectivity index (χ2n) is 5.00. The summed E-state index contributed by atoms with van der Waals surface area (Å²) in [6.07, 6.45) is 2.58. The molecule has 1 fully saturated rings. The van der Waals surface area contributed by atoms with Crippen LogP contribution in [-0.4, -0.2) is 17.6 Å². The van der Waals surface area contributed by atoms with Gasteiger partial charge in [-0.05, 0) is 48.9 Å². The van der Waals surface area contributed by atoms with E-state index < -0.39 is 6.10 Å². The minimum atomic E-state index is -0.572. The van der Waals surface area contributed by atoms with E-state index in [1.165, 1.54) is 0 Å². The van der Waals surface area contributed by atoms with Gasteiger partial charge in [-0.2, -0.15) is 0 Å². The third-order valence-electron chi connectivity index (χ3n) is 3.31. The number of carbonyl (C=O) groups excluding carboxylic acids is 1. The summed E-state index contributed by atoms with van der Waals surface area (Å²) in [5.74, 6) is 0.258. The molecule has 20 heavy (non-hydrogen) atoms. The van der Waals surface area contributed by atoms with Crippen molar-refractivity contribution in [3.05, 3.63) is 40.3 Å². The number of hydrogen-bond acceptors (Lipinski definition) is 3. The van der Waals surface area contributed by atoms with Crippen LogP contribution in [0.4, 0.5) is 5.69 Å². The van der Waals surface area contributed by atoms with Gasteiger partial charge in [0.2, 0.25) is 5.91 Å². The molecule has 0 radical (unpaired) electrons. The molecule has 0 aliphatic heterocycles. The largest absolute Gasteiger partial charge is 0.388 e. The Morgan fingerprint density at radius 1 is 1.45 bits per heavy atom. The summed E-state index contributed by atoms with van der Waals surface area (Å²) in [6, 6.07) is 7.21. The minimum absolute atomic E-state index is 0.0765. The summed E-state index contributed by atoms with van der Waals surface area (Å²) in [7, 11) is 0. The Hall–Kier alpha value is -2.04. The van der Waals surface area contributed by atoms with E-state index in [0.717, 1.165) is 24.1 Å². The van der Waals surface area contributed by atoms with Crippen molar-refractivity contribution in [2.24, 2.45) is 11.0 Å². The summed E-state index contributed by atoms with van der Waals surface area (Å²) < 4.78 is 0. The molecule has 106 valence electrons. The molecule has 0 saturated heterocycles. The average molecular weight is 274 g/mol. The fourth-order valence-electron chi connectivity index (χ4n) is 1.95. The summed E-state index contributed by atoms with van der Waals surface area (Å²) in [5.41, 5.74) is 9.71. The van der Waals surface area contributed by atoms with Crippen LogP contribution >= 0.6 is 0 Å². The molecule has 1 aliphatic carbocycles. The van der Waals surface area contributed by atoms with Gasteiger partial charge in [0.25, 0.3) is 0 Å². The lowest BCUT2D eigenvalue weighted by Gasteiger charge is -2.11. The highest BCUT2D eigenvalue weighted by Crippen LogP contribution is 2.30. The molecule has 1 aromatic rings. The maximum absolute atomic E-state index is 11.6. The van der Waals surface area contributed by atoms with Gasteiger partial charge < -0.3 is 10.4 Å². The standard InChI is InChI=1S/C14H18N4O2/c15-18-16-9-1-2-13(19)10-5-7-12(8-6-10)17-14(20)11-3-4-11/h5-8,11,13,19H,1-4,9H2,(H,17,20). The number of nitrogens with one attached hydrogen (secondary N) is 1. The normalized spacial score (nSPS) is 15.2. The number of nitrogens with zero attached hydrogens (tertiary/aromatic N) is 3. The molecule has 1 saturated carbocycles. The lowest BCUT2D eigenvalue weighted by atomic mass is 10.0. The highest BCUT2D eigenvalue weighted by molar-refractivity contribution is 5.93. The molecule has 1 amide bonds. The highest BCUT2D eigenvalue weighted by atomic mass is 16.3.